The highest BCUT2D eigenvalue weighted by Gasteiger charge is 2.21. The molecule has 0 saturated carbocycles. The number of ether oxygens (including phenoxy) is 1. The van der Waals surface area contributed by atoms with E-state index in [-0.39, 0.29) is 5.04 Å². The maximum Gasteiger partial charge on any atom is 0.317 e. The van der Waals surface area contributed by atoms with E-state index in [0.29, 0.717) is 9.76 Å². The minimum absolute atomic E-state index is 0.265. The highest BCUT2D eigenvalue weighted by atomic mass is 28.2. The van der Waals surface area contributed by atoms with Crippen LogP contribution in [0.1, 0.15) is 85.0 Å². The van der Waals surface area contributed by atoms with Crippen LogP contribution >= 0.6 is 0 Å². The van der Waals surface area contributed by atoms with Gasteiger partial charge in [-0.25, -0.2) is 0 Å². The maximum absolute atomic E-state index is 5.98. The molecular weight excluding hydrogens is 312 g/mol. The molecule has 0 spiro atoms. The zero-order valence-corrected chi connectivity index (χ0v) is 17.2. The maximum atomic E-state index is 5.98. The molecule has 0 aliphatic carbocycles. The van der Waals surface area contributed by atoms with Gasteiger partial charge in [0.25, 0.3) is 0 Å². The van der Waals surface area contributed by atoms with Crippen LogP contribution in [0.3, 0.4) is 0 Å². The number of rotatable bonds is 14. The largest absolute Gasteiger partial charge is 0.540 e. The van der Waals surface area contributed by atoms with E-state index in [1.54, 1.807) is 7.11 Å². The average molecular weight is 349 g/mol. The summed E-state index contributed by atoms with van der Waals surface area (Å²) in [5, 5.41) is 0.265. The average Bonchev–Trinajstić information content (AvgIpc) is 2.59. The first-order valence-corrected chi connectivity index (χ1v) is 10.6. The summed E-state index contributed by atoms with van der Waals surface area (Å²) in [5.41, 5.74) is 0. The van der Waals surface area contributed by atoms with Crippen LogP contribution in [-0.2, 0) is 0 Å². The highest BCUT2D eigenvalue weighted by molar-refractivity contribution is 6.33. The van der Waals surface area contributed by atoms with E-state index in [4.69, 9.17) is 9.16 Å². The van der Waals surface area contributed by atoms with Crippen molar-refractivity contribution >= 4 is 9.76 Å². The molecule has 0 amide bonds. The van der Waals surface area contributed by atoms with Crippen molar-refractivity contribution in [3.05, 3.63) is 24.3 Å². The Morgan fingerprint density at radius 3 is 1.83 bits per heavy atom. The smallest absolute Gasteiger partial charge is 0.317 e. The van der Waals surface area contributed by atoms with Crippen LogP contribution in [0, 0.1) is 0 Å². The van der Waals surface area contributed by atoms with E-state index in [0.717, 1.165) is 11.5 Å². The van der Waals surface area contributed by atoms with Gasteiger partial charge in [-0.1, -0.05) is 78.6 Å². The van der Waals surface area contributed by atoms with Crippen LogP contribution in [0.15, 0.2) is 24.3 Å². The van der Waals surface area contributed by atoms with Gasteiger partial charge in [-0.2, -0.15) is 0 Å². The van der Waals surface area contributed by atoms with E-state index in [1.807, 2.05) is 24.3 Å². The molecule has 0 aliphatic heterocycles. The molecule has 3 heteroatoms. The summed E-state index contributed by atoms with van der Waals surface area (Å²) in [5.74, 6) is 1.81. The van der Waals surface area contributed by atoms with Crippen molar-refractivity contribution < 1.29 is 9.16 Å². The molecule has 0 N–H and O–H groups in total. The molecule has 136 valence electrons. The van der Waals surface area contributed by atoms with Gasteiger partial charge in [0.2, 0.25) is 0 Å². The third-order valence-electron chi connectivity index (χ3n) is 4.41. The summed E-state index contributed by atoms with van der Waals surface area (Å²) in [7, 11) is 2.19. The van der Waals surface area contributed by atoms with Gasteiger partial charge in [0.05, 0.1) is 7.11 Å². The molecule has 0 fully saturated rings. The van der Waals surface area contributed by atoms with E-state index < -0.39 is 0 Å². The normalized spacial score (nSPS) is 11.5. The van der Waals surface area contributed by atoms with E-state index in [9.17, 15) is 0 Å². The van der Waals surface area contributed by atoms with Crippen molar-refractivity contribution in [3.63, 3.8) is 0 Å². The van der Waals surface area contributed by atoms with Crippen LogP contribution in [0.5, 0.6) is 11.5 Å². The molecule has 0 unspecified atom stereocenters. The second-order valence-electron chi connectivity index (χ2n) is 7.34. The summed E-state index contributed by atoms with van der Waals surface area (Å²) in [6, 6.07) is 7.88. The zero-order chi connectivity index (χ0) is 17.7. The minimum atomic E-state index is 0.265. The quantitative estimate of drug-likeness (QED) is 0.271. The number of hydrogen-bond donors (Lipinski definition) is 0. The predicted octanol–water partition coefficient (Wildman–Crippen LogP) is 6.81. The molecule has 0 aromatic heterocycles. The van der Waals surface area contributed by atoms with Gasteiger partial charge >= 0.3 is 9.76 Å². The minimum Gasteiger partial charge on any atom is -0.540 e. The summed E-state index contributed by atoms with van der Waals surface area (Å²) < 4.78 is 11.1. The summed E-state index contributed by atoms with van der Waals surface area (Å²) in [6.45, 7) is 6.92. The molecule has 2 nitrogen and oxygen atoms in total. The first-order chi connectivity index (χ1) is 11.6. The highest BCUT2D eigenvalue weighted by Crippen LogP contribution is 2.31. The molecule has 0 atom stereocenters. The Labute approximate surface area is 152 Å². The van der Waals surface area contributed by atoms with E-state index in [2.05, 4.69) is 20.8 Å². The van der Waals surface area contributed by atoms with Gasteiger partial charge in [-0.05, 0) is 35.7 Å². The Morgan fingerprint density at radius 1 is 0.792 bits per heavy atom. The lowest BCUT2D eigenvalue weighted by Crippen LogP contribution is -2.19. The molecule has 1 aromatic rings. The summed E-state index contributed by atoms with van der Waals surface area (Å²) in [6.07, 6.45) is 13.8. The predicted molar refractivity (Wildman–Crippen MR) is 105 cm³/mol. The zero-order valence-electron chi connectivity index (χ0n) is 16.2. The molecule has 2 radical (unpaired) electrons. The summed E-state index contributed by atoms with van der Waals surface area (Å²) >= 11 is 0. The van der Waals surface area contributed by atoms with Gasteiger partial charge in [0, 0.05) is 0 Å². The van der Waals surface area contributed by atoms with Gasteiger partial charge in [-0.15, -0.1) is 0 Å². The SMILES string of the molecule is CCCCCCCCCCCC(C)(C)[Si]Oc1ccc(OC)cc1. The lowest BCUT2D eigenvalue weighted by atomic mass is 10.0. The molecular formula is C21H36O2Si. The van der Waals surface area contributed by atoms with Gasteiger partial charge in [-0.3, -0.25) is 0 Å². The fraction of sp³-hybridized carbons (Fsp3) is 0.714. The molecule has 0 aliphatic rings. The Balaban J connectivity index is 2.08. The van der Waals surface area contributed by atoms with E-state index >= 15 is 0 Å². The van der Waals surface area contributed by atoms with Crippen molar-refractivity contribution in [2.24, 2.45) is 0 Å². The number of benzene rings is 1. The third-order valence-corrected chi connectivity index (χ3v) is 5.55. The van der Waals surface area contributed by atoms with Crippen molar-refractivity contribution in [2.75, 3.05) is 7.11 Å². The second kappa shape index (κ2) is 12.4. The lowest BCUT2D eigenvalue weighted by Gasteiger charge is -2.22. The fourth-order valence-electron chi connectivity index (χ4n) is 2.77. The first-order valence-electron chi connectivity index (χ1n) is 9.65. The van der Waals surface area contributed by atoms with Gasteiger partial charge < -0.3 is 9.16 Å². The second-order valence-corrected chi connectivity index (χ2v) is 9.10. The lowest BCUT2D eigenvalue weighted by molar-refractivity contribution is 0.413. The van der Waals surface area contributed by atoms with Crippen molar-refractivity contribution in [1.29, 1.82) is 0 Å². The fourth-order valence-corrected chi connectivity index (χ4v) is 3.58. The standard InChI is InChI=1S/C21H36O2Si/c1-5-6-7-8-9-10-11-12-13-18-21(2,3)24-23-20-16-14-19(22-4)15-17-20/h14-17H,5-13,18H2,1-4H3. The van der Waals surface area contributed by atoms with Crippen molar-refractivity contribution in [2.45, 2.75) is 90.0 Å². The van der Waals surface area contributed by atoms with Crippen LogP contribution in [-0.4, -0.2) is 16.9 Å². The Morgan fingerprint density at radius 2 is 1.29 bits per heavy atom. The van der Waals surface area contributed by atoms with Crippen LogP contribution in [0.2, 0.25) is 5.04 Å². The molecule has 0 saturated heterocycles. The number of hydrogen-bond acceptors (Lipinski definition) is 2. The monoisotopic (exact) mass is 348 g/mol. The van der Waals surface area contributed by atoms with Crippen LogP contribution in [0.25, 0.3) is 0 Å². The Hall–Kier alpha value is -0.963. The Bertz CT molecular complexity index is 414. The van der Waals surface area contributed by atoms with Crippen molar-refractivity contribution in [3.8, 4) is 11.5 Å². The molecule has 1 aromatic carbocycles. The van der Waals surface area contributed by atoms with Crippen LogP contribution in [0.4, 0.5) is 0 Å². The molecule has 24 heavy (non-hydrogen) atoms. The van der Waals surface area contributed by atoms with Gasteiger partial charge in [0.15, 0.2) is 0 Å². The topological polar surface area (TPSA) is 18.5 Å². The molecule has 0 heterocycles. The van der Waals surface area contributed by atoms with Crippen LogP contribution < -0.4 is 9.16 Å². The van der Waals surface area contributed by atoms with Crippen molar-refractivity contribution in [1.82, 2.24) is 0 Å². The first kappa shape index (κ1) is 21.1. The van der Waals surface area contributed by atoms with E-state index in [1.165, 1.54) is 64.2 Å². The number of unbranched alkanes of at least 4 members (excludes halogenated alkanes) is 8. The number of methoxy groups -OCH3 is 1. The molecule has 1 rings (SSSR count). The molecule has 0 bridgehead atoms. The third kappa shape index (κ3) is 10.0. The van der Waals surface area contributed by atoms with Gasteiger partial charge in [0.1, 0.15) is 11.5 Å². The summed E-state index contributed by atoms with van der Waals surface area (Å²) in [4.78, 5) is 0. The Kier molecular flexibility index (Phi) is 10.9.